The van der Waals surface area contributed by atoms with Crippen molar-refractivity contribution in [3.8, 4) is 5.75 Å². The van der Waals surface area contributed by atoms with Crippen LogP contribution in [0.2, 0.25) is 0 Å². The minimum Gasteiger partial charge on any atom is -0.493 e. The van der Waals surface area contributed by atoms with Gasteiger partial charge in [0.05, 0.1) is 6.61 Å². The molecule has 1 fully saturated rings. The Morgan fingerprint density at radius 3 is 2.58 bits per heavy atom. The molecule has 7 heteroatoms. The predicted octanol–water partition coefficient (Wildman–Crippen LogP) is 3.83. The van der Waals surface area contributed by atoms with Gasteiger partial charge in [-0.25, -0.2) is 4.39 Å². The second-order valence-electron chi connectivity index (χ2n) is 8.04. The zero-order valence-electron chi connectivity index (χ0n) is 18.0. The smallest absolute Gasteiger partial charge is 0.191 e. The lowest BCUT2D eigenvalue weighted by Gasteiger charge is -2.38. The number of guanidine groups is 1. The molecule has 2 aliphatic heterocycles. The van der Waals surface area contributed by atoms with E-state index in [0.29, 0.717) is 13.2 Å². The van der Waals surface area contributed by atoms with Gasteiger partial charge in [0, 0.05) is 45.2 Å². The summed E-state index contributed by atoms with van der Waals surface area (Å²) < 4.78 is 24.6. The van der Waals surface area contributed by atoms with Crippen molar-refractivity contribution in [2.45, 2.75) is 31.1 Å². The van der Waals surface area contributed by atoms with E-state index in [4.69, 9.17) is 9.47 Å². The van der Waals surface area contributed by atoms with Gasteiger partial charge in [-0.15, -0.1) is 24.0 Å². The van der Waals surface area contributed by atoms with Gasteiger partial charge in [0.1, 0.15) is 11.6 Å². The number of halogens is 2. The van der Waals surface area contributed by atoms with Gasteiger partial charge in [-0.3, -0.25) is 4.99 Å². The maximum Gasteiger partial charge on any atom is 0.191 e. The van der Waals surface area contributed by atoms with Gasteiger partial charge in [-0.1, -0.05) is 24.3 Å². The molecule has 0 spiro atoms. The average molecular weight is 539 g/mol. The van der Waals surface area contributed by atoms with Crippen molar-refractivity contribution < 1.29 is 13.9 Å². The first-order valence-corrected chi connectivity index (χ1v) is 10.7. The molecule has 0 saturated carbocycles. The molecule has 4 rings (SSSR count). The Hall–Kier alpha value is -1.87. The molecule has 0 radical (unpaired) electrons. The van der Waals surface area contributed by atoms with Crippen molar-refractivity contribution in [3.05, 3.63) is 65.0 Å². The predicted molar refractivity (Wildman–Crippen MR) is 132 cm³/mol. The summed E-state index contributed by atoms with van der Waals surface area (Å²) in [7, 11) is 1.79. The number of aliphatic imine (C=N–C) groups is 1. The second-order valence-corrected chi connectivity index (χ2v) is 8.04. The molecule has 2 aromatic carbocycles. The molecular weight excluding hydrogens is 508 g/mol. The quantitative estimate of drug-likeness (QED) is 0.333. The standard InChI is InChI=1S/C24H30FN3O2.HI/c1-26-23(27-12-8-18-2-7-22-19(16-18)9-13-30-22)28-17-24(10-14-29-15-11-24)20-3-5-21(25)6-4-20;/h2-7,16H,8-15,17H2,1H3,(H2,26,27,28);1H. The van der Waals surface area contributed by atoms with E-state index in [1.54, 1.807) is 19.2 Å². The van der Waals surface area contributed by atoms with Crippen LogP contribution in [0, 0.1) is 5.82 Å². The molecule has 0 atom stereocenters. The monoisotopic (exact) mass is 539 g/mol. The lowest BCUT2D eigenvalue weighted by Crippen LogP contribution is -2.48. The van der Waals surface area contributed by atoms with Crippen LogP contribution in [0.25, 0.3) is 0 Å². The molecule has 2 aromatic rings. The molecule has 0 amide bonds. The molecule has 168 valence electrons. The van der Waals surface area contributed by atoms with E-state index in [0.717, 1.165) is 62.7 Å². The van der Waals surface area contributed by atoms with Crippen LogP contribution in [-0.2, 0) is 23.0 Å². The van der Waals surface area contributed by atoms with E-state index in [9.17, 15) is 4.39 Å². The molecule has 0 aliphatic carbocycles. The third-order valence-electron chi connectivity index (χ3n) is 6.18. The third kappa shape index (κ3) is 5.88. The lowest BCUT2D eigenvalue weighted by molar-refractivity contribution is 0.0513. The molecule has 5 nitrogen and oxygen atoms in total. The first kappa shape index (κ1) is 23.8. The molecular formula is C24H31FIN3O2. The van der Waals surface area contributed by atoms with E-state index in [1.807, 2.05) is 12.1 Å². The summed E-state index contributed by atoms with van der Waals surface area (Å²) in [6.07, 6.45) is 3.72. The van der Waals surface area contributed by atoms with Gasteiger partial charge in [-0.05, 0) is 54.2 Å². The largest absolute Gasteiger partial charge is 0.493 e. The van der Waals surface area contributed by atoms with Crippen molar-refractivity contribution >= 4 is 29.9 Å². The van der Waals surface area contributed by atoms with Crippen LogP contribution in [0.3, 0.4) is 0 Å². The van der Waals surface area contributed by atoms with Crippen molar-refractivity contribution in [2.75, 3.05) is 40.0 Å². The van der Waals surface area contributed by atoms with Crippen LogP contribution in [0.5, 0.6) is 5.75 Å². The number of nitrogens with zero attached hydrogens (tertiary/aromatic N) is 1. The SMILES string of the molecule is CN=C(NCCc1ccc2c(c1)CCO2)NCC1(c2ccc(F)cc2)CCOCC1.I. The van der Waals surface area contributed by atoms with Crippen molar-refractivity contribution in [3.63, 3.8) is 0 Å². The maximum atomic E-state index is 13.4. The number of fused-ring (bicyclic) bond motifs is 1. The van der Waals surface area contributed by atoms with E-state index < -0.39 is 0 Å². The van der Waals surface area contributed by atoms with Crippen LogP contribution >= 0.6 is 24.0 Å². The maximum absolute atomic E-state index is 13.4. The number of hydrogen-bond donors (Lipinski definition) is 2. The molecule has 2 N–H and O–H groups in total. The van der Waals surface area contributed by atoms with Crippen LogP contribution in [0.1, 0.15) is 29.5 Å². The van der Waals surface area contributed by atoms with Crippen molar-refractivity contribution in [1.29, 1.82) is 0 Å². The molecule has 1 saturated heterocycles. The normalized spacial score (nSPS) is 17.3. The summed E-state index contributed by atoms with van der Waals surface area (Å²) in [5.74, 6) is 1.60. The fraction of sp³-hybridized carbons (Fsp3) is 0.458. The minimum atomic E-state index is -0.204. The number of hydrogen-bond acceptors (Lipinski definition) is 3. The summed E-state index contributed by atoms with van der Waals surface area (Å²) >= 11 is 0. The lowest BCUT2D eigenvalue weighted by atomic mass is 9.74. The summed E-state index contributed by atoms with van der Waals surface area (Å²) in [5, 5.41) is 6.91. The van der Waals surface area contributed by atoms with Crippen LogP contribution < -0.4 is 15.4 Å². The topological polar surface area (TPSA) is 54.9 Å². The highest BCUT2D eigenvalue weighted by molar-refractivity contribution is 14.0. The average Bonchev–Trinajstić information content (AvgIpc) is 3.25. The van der Waals surface area contributed by atoms with E-state index in [-0.39, 0.29) is 35.2 Å². The van der Waals surface area contributed by atoms with E-state index in [2.05, 4.69) is 33.8 Å². The Morgan fingerprint density at radius 2 is 1.84 bits per heavy atom. The Morgan fingerprint density at radius 1 is 1.06 bits per heavy atom. The molecule has 31 heavy (non-hydrogen) atoms. The highest BCUT2D eigenvalue weighted by Gasteiger charge is 2.34. The van der Waals surface area contributed by atoms with Crippen LogP contribution in [0.15, 0.2) is 47.5 Å². The highest BCUT2D eigenvalue weighted by Crippen LogP contribution is 2.34. The molecule has 0 bridgehead atoms. The first-order valence-electron chi connectivity index (χ1n) is 10.7. The minimum absolute atomic E-state index is 0. The third-order valence-corrected chi connectivity index (χ3v) is 6.18. The van der Waals surface area contributed by atoms with Crippen molar-refractivity contribution in [1.82, 2.24) is 10.6 Å². The Labute approximate surface area is 200 Å². The van der Waals surface area contributed by atoms with E-state index >= 15 is 0 Å². The van der Waals surface area contributed by atoms with Gasteiger partial charge in [0.25, 0.3) is 0 Å². The summed E-state index contributed by atoms with van der Waals surface area (Å²) in [5.41, 5.74) is 3.67. The Balaban J connectivity index is 0.00000272. The van der Waals surface area contributed by atoms with Gasteiger partial charge in [-0.2, -0.15) is 0 Å². The fourth-order valence-electron chi connectivity index (χ4n) is 4.33. The van der Waals surface area contributed by atoms with Crippen LogP contribution in [-0.4, -0.2) is 45.9 Å². The summed E-state index contributed by atoms with van der Waals surface area (Å²) in [6.45, 7) is 3.75. The number of nitrogens with one attached hydrogen (secondary N) is 2. The number of benzene rings is 2. The van der Waals surface area contributed by atoms with E-state index in [1.165, 1.54) is 11.1 Å². The second kappa shape index (κ2) is 11.1. The number of rotatable bonds is 6. The van der Waals surface area contributed by atoms with Crippen LogP contribution in [0.4, 0.5) is 4.39 Å². The Bertz CT molecular complexity index is 883. The zero-order chi connectivity index (χ0) is 20.8. The molecule has 0 aromatic heterocycles. The number of ether oxygens (including phenoxy) is 2. The fourth-order valence-corrected chi connectivity index (χ4v) is 4.33. The molecule has 2 aliphatic rings. The molecule has 0 unspecified atom stereocenters. The van der Waals surface area contributed by atoms with Gasteiger partial charge >= 0.3 is 0 Å². The highest BCUT2D eigenvalue weighted by atomic mass is 127. The van der Waals surface area contributed by atoms with Gasteiger partial charge < -0.3 is 20.1 Å². The van der Waals surface area contributed by atoms with Gasteiger partial charge in [0.2, 0.25) is 0 Å². The molecule has 2 heterocycles. The summed E-state index contributed by atoms with van der Waals surface area (Å²) in [4.78, 5) is 4.38. The zero-order valence-corrected chi connectivity index (χ0v) is 20.3. The summed E-state index contributed by atoms with van der Waals surface area (Å²) in [6, 6.07) is 13.3. The van der Waals surface area contributed by atoms with Gasteiger partial charge in [0.15, 0.2) is 5.96 Å². The Kier molecular flexibility index (Phi) is 8.54. The van der Waals surface area contributed by atoms with Crippen molar-refractivity contribution in [2.24, 2.45) is 4.99 Å². The first-order chi connectivity index (χ1) is 14.7.